The minimum atomic E-state index is -1.73. The number of carbonyl (C=O) groups excluding carboxylic acids is 2. The van der Waals surface area contributed by atoms with Crippen molar-refractivity contribution in [2.24, 2.45) is 23.7 Å². The predicted molar refractivity (Wildman–Crippen MR) is 196 cm³/mol. The number of rotatable bonds is 9. The Bertz CT molecular complexity index is 1200. The monoisotopic (exact) mass is 761 g/mol. The van der Waals surface area contributed by atoms with E-state index < -0.39 is 102 Å². The van der Waals surface area contributed by atoms with Crippen molar-refractivity contribution in [2.45, 2.75) is 179 Å². The van der Waals surface area contributed by atoms with Crippen LogP contribution in [0.5, 0.6) is 0 Å². The van der Waals surface area contributed by atoms with E-state index in [9.17, 15) is 24.9 Å². The van der Waals surface area contributed by atoms with Gasteiger partial charge in [-0.1, -0.05) is 27.7 Å². The van der Waals surface area contributed by atoms with Crippen molar-refractivity contribution in [3.8, 4) is 0 Å². The molecule has 14 nitrogen and oxygen atoms in total. The maximum absolute atomic E-state index is 14.3. The molecule has 0 aromatic carbocycles. The fourth-order valence-corrected chi connectivity index (χ4v) is 9.01. The molecular weight excluding hydrogens is 690 g/mol. The van der Waals surface area contributed by atoms with Gasteiger partial charge in [0.15, 0.2) is 12.6 Å². The molecule has 0 saturated carbocycles. The Kier molecular flexibility index (Phi) is 15.9. The molecule has 0 aromatic rings. The van der Waals surface area contributed by atoms with Gasteiger partial charge in [-0.3, -0.25) is 9.59 Å². The molecule has 53 heavy (non-hydrogen) atoms. The Balaban J connectivity index is 2.24. The molecule has 310 valence electrons. The lowest BCUT2D eigenvalue weighted by atomic mass is 9.73. The molecule has 0 aromatic heterocycles. The van der Waals surface area contributed by atoms with Crippen LogP contribution >= 0.6 is 0 Å². The van der Waals surface area contributed by atoms with Crippen LogP contribution in [0.1, 0.15) is 94.9 Å². The number of cyclic esters (lactones) is 1. The molecule has 14 heteroatoms. The molecule has 0 bridgehead atoms. The van der Waals surface area contributed by atoms with Crippen molar-refractivity contribution in [2.75, 3.05) is 35.4 Å². The van der Waals surface area contributed by atoms with Gasteiger partial charge in [-0.05, 0) is 74.9 Å². The standard InChI is InChI=1S/C39H71NO13/c1-16-27-39(10,45)34(46-13)22(4)29(41)20(2)18-38(9,48-15)33(53-36-30(42)26(40(11)12)17-21(3)49-36)23(5)31(24(6)35(44)51-27)52-28-19-37(8,47-14)32(43)25(7)50-28/h20-28,30-34,36,42-43,45H,16-19H2,1-15H3/t20-,21-,22+,23+,24-,25+,26+,27-,28+,30-,31+,32+,33-,34-,36+,37-,38+,39-/m1/s1. The minimum Gasteiger partial charge on any atom is -0.459 e. The summed E-state index contributed by atoms with van der Waals surface area (Å²) in [6.45, 7) is 17.7. The number of nitrogens with zero attached hydrogens (tertiary/aromatic N) is 1. The number of hydrogen-bond donors (Lipinski definition) is 3. The Morgan fingerprint density at radius 3 is 1.98 bits per heavy atom. The molecule has 0 amide bonds. The second-order valence-electron chi connectivity index (χ2n) is 16.8. The van der Waals surface area contributed by atoms with Crippen LogP contribution in [0, 0.1) is 23.7 Å². The zero-order valence-corrected chi connectivity index (χ0v) is 34.9. The first-order valence-corrected chi connectivity index (χ1v) is 19.3. The molecule has 0 radical (unpaired) electrons. The van der Waals surface area contributed by atoms with E-state index in [4.69, 9.17) is 37.9 Å². The molecule has 3 saturated heterocycles. The highest BCUT2D eigenvalue weighted by atomic mass is 16.7. The van der Waals surface area contributed by atoms with Gasteiger partial charge in [0.2, 0.25) is 0 Å². The largest absolute Gasteiger partial charge is 0.459 e. The number of aliphatic hydroxyl groups is 3. The van der Waals surface area contributed by atoms with Crippen LogP contribution in [0.25, 0.3) is 0 Å². The smallest absolute Gasteiger partial charge is 0.311 e. The van der Waals surface area contributed by atoms with Crippen LogP contribution in [-0.2, 0) is 47.5 Å². The highest BCUT2D eigenvalue weighted by Gasteiger charge is 2.54. The maximum Gasteiger partial charge on any atom is 0.311 e. The molecule has 3 fully saturated rings. The second-order valence-corrected chi connectivity index (χ2v) is 16.8. The van der Waals surface area contributed by atoms with E-state index in [0.29, 0.717) is 6.42 Å². The summed E-state index contributed by atoms with van der Waals surface area (Å²) in [5, 5.41) is 34.5. The highest BCUT2D eigenvalue weighted by Crippen LogP contribution is 2.42. The molecule has 3 rings (SSSR count). The van der Waals surface area contributed by atoms with Crippen molar-refractivity contribution in [3.63, 3.8) is 0 Å². The number of hydrogen-bond acceptors (Lipinski definition) is 14. The number of carbonyl (C=O) groups is 2. The van der Waals surface area contributed by atoms with Crippen LogP contribution in [0.4, 0.5) is 0 Å². The third-order valence-corrected chi connectivity index (χ3v) is 12.5. The zero-order chi connectivity index (χ0) is 40.4. The van der Waals surface area contributed by atoms with Crippen molar-refractivity contribution in [1.29, 1.82) is 0 Å². The summed E-state index contributed by atoms with van der Waals surface area (Å²) >= 11 is 0. The Morgan fingerprint density at radius 2 is 1.45 bits per heavy atom. The number of aliphatic hydroxyl groups excluding tert-OH is 2. The molecule has 0 unspecified atom stereocenters. The summed E-state index contributed by atoms with van der Waals surface area (Å²) in [6.07, 6.45) is -7.72. The van der Waals surface area contributed by atoms with Gasteiger partial charge in [-0.2, -0.15) is 0 Å². The number of likely N-dealkylation sites (N-methyl/N-ethyl adjacent to an activating group) is 1. The quantitative estimate of drug-likeness (QED) is 0.293. The topological polar surface area (TPSA) is 172 Å². The summed E-state index contributed by atoms with van der Waals surface area (Å²) in [5.41, 5.74) is -3.96. The maximum atomic E-state index is 14.3. The van der Waals surface area contributed by atoms with E-state index >= 15 is 0 Å². The number of esters is 1. The normalized spacial score (nSPS) is 48.3. The van der Waals surface area contributed by atoms with Crippen molar-refractivity contribution in [1.82, 2.24) is 4.90 Å². The lowest BCUT2D eigenvalue weighted by molar-refractivity contribution is -0.319. The van der Waals surface area contributed by atoms with E-state index in [0.717, 1.165) is 0 Å². The van der Waals surface area contributed by atoms with Gasteiger partial charge in [0.1, 0.15) is 29.7 Å². The lowest BCUT2D eigenvalue weighted by Gasteiger charge is -2.50. The van der Waals surface area contributed by atoms with Crippen LogP contribution in [0.3, 0.4) is 0 Å². The minimum absolute atomic E-state index is 0.144. The molecular formula is C39H71NO13. The van der Waals surface area contributed by atoms with Gasteiger partial charge >= 0.3 is 5.97 Å². The zero-order valence-electron chi connectivity index (χ0n) is 34.9. The summed E-state index contributed by atoms with van der Waals surface area (Å²) in [5.74, 6) is -3.88. The second kappa shape index (κ2) is 18.3. The van der Waals surface area contributed by atoms with Crippen molar-refractivity contribution >= 4 is 11.8 Å². The molecule has 3 aliphatic heterocycles. The Labute approximate surface area is 317 Å². The van der Waals surface area contributed by atoms with Gasteiger partial charge in [-0.15, -0.1) is 0 Å². The van der Waals surface area contributed by atoms with E-state index in [-0.39, 0.29) is 37.2 Å². The van der Waals surface area contributed by atoms with Crippen molar-refractivity contribution in [3.05, 3.63) is 0 Å². The molecule has 3 N–H and O–H groups in total. The van der Waals surface area contributed by atoms with Crippen LogP contribution in [-0.4, -0.2) is 152 Å². The molecule has 3 heterocycles. The fraction of sp³-hybridized carbons (Fsp3) is 0.949. The van der Waals surface area contributed by atoms with Crippen molar-refractivity contribution < 1.29 is 62.8 Å². The molecule has 0 spiro atoms. The highest BCUT2D eigenvalue weighted by molar-refractivity contribution is 5.83. The Morgan fingerprint density at radius 1 is 0.849 bits per heavy atom. The summed E-state index contributed by atoms with van der Waals surface area (Å²) in [6, 6.07) is -0.270. The lowest BCUT2D eigenvalue weighted by Crippen LogP contribution is -2.61. The first-order chi connectivity index (χ1) is 24.5. The molecule has 18 atom stereocenters. The first-order valence-electron chi connectivity index (χ1n) is 19.3. The van der Waals surface area contributed by atoms with E-state index in [1.54, 1.807) is 34.6 Å². The average molecular weight is 762 g/mol. The van der Waals surface area contributed by atoms with Gasteiger partial charge in [0.05, 0.1) is 47.6 Å². The van der Waals surface area contributed by atoms with Crippen LogP contribution in [0.15, 0.2) is 0 Å². The van der Waals surface area contributed by atoms with E-state index in [2.05, 4.69) is 0 Å². The third-order valence-electron chi connectivity index (χ3n) is 12.5. The number of Topliss-reactive ketones (excluding diaryl/α,β-unsaturated/α-hetero) is 1. The van der Waals surface area contributed by atoms with Gasteiger partial charge in [-0.25, -0.2) is 0 Å². The average Bonchev–Trinajstić information content (AvgIpc) is 3.10. The SMILES string of the molecule is CC[C@H]1OC(=O)[C@H](C)[C@@H](O[C@H]2C[C@@](C)(OC)[C@@H](O)[C@H](C)O2)[C@H](C)[C@@H](O[C@@H]2O[C@H](C)C[C@H](N(C)C)[C@H]2O)[C@@](C)(OC)C[C@@H](C)C(=O)[C@H](C)[C@@H](OC)[C@]1(C)O. The van der Waals surface area contributed by atoms with Gasteiger partial charge in [0, 0.05) is 51.5 Å². The summed E-state index contributed by atoms with van der Waals surface area (Å²) < 4.78 is 50.0. The number of methoxy groups -OCH3 is 3. The number of ether oxygens (including phenoxy) is 8. The van der Waals surface area contributed by atoms with Gasteiger partial charge in [0.25, 0.3) is 0 Å². The molecule has 0 aliphatic carbocycles. The van der Waals surface area contributed by atoms with E-state index in [1.165, 1.54) is 28.3 Å². The summed E-state index contributed by atoms with van der Waals surface area (Å²) in [7, 11) is 8.26. The Hall–Kier alpha value is -1.30. The number of ketones is 1. The molecule has 3 aliphatic rings. The van der Waals surface area contributed by atoms with Crippen LogP contribution in [0.2, 0.25) is 0 Å². The third kappa shape index (κ3) is 9.81. The van der Waals surface area contributed by atoms with E-state index in [1.807, 2.05) is 46.7 Å². The van der Waals surface area contributed by atoms with Crippen LogP contribution < -0.4 is 0 Å². The van der Waals surface area contributed by atoms with Gasteiger partial charge < -0.3 is 58.1 Å². The summed E-state index contributed by atoms with van der Waals surface area (Å²) in [4.78, 5) is 30.5. The fourth-order valence-electron chi connectivity index (χ4n) is 9.01. The predicted octanol–water partition coefficient (Wildman–Crippen LogP) is 3.09. The first kappa shape index (κ1) is 46.1.